The highest BCUT2D eigenvalue weighted by Gasteiger charge is 2.35. The summed E-state index contributed by atoms with van der Waals surface area (Å²) in [7, 11) is 0. The Labute approximate surface area is 113 Å². The molecule has 3 rings (SSSR count). The number of imide groups is 1. The molecule has 3 saturated heterocycles. The number of amides is 3. The van der Waals surface area contributed by atoms with Crippen LogP contribution in [0.4, 0.5) is 4.79 Å². The van der Waals surface area contributed by atoms with Gasteiger partial charge >= 0.3 is 6.03 Å². The normalized spacial score (nSPS) is 36.3. The molecule has 0 aromatic rings. The molecule has 0 saturated carbocycles. The molecule has 3 unspecified atom stereocenters. The average molecular weight is 267 g/mol. The minimum Gasteiger partial charge on any atom is -0.373 e. The van der Waals surface area contributed by atoms with Crippen LogP contribution in [0.25, 0.3) is 0 Å². The predicted octanol–water partition coefficient (Wildman–Crippen LogP) is 0.0375. The van der Waals surface area contributed by atoms with E-state index in [9.17, 15) is 9.59 Å². The molecular weight excluding hydrogens is 246 g/mol. The fourth-order valence-corrected chi connectivity index (χ4v) is 3.20. The van der Waals surface area contributed by atoms with Gasteiger partial charge in [0.2, 0.25) is 5.91 Å². The van der Waals surface area contributed by atoms with Crippen LogP contribution in [0, 0.1) is 5.92 Å². The lowest BCUT2D eigenvalue weighted by Crippen LogP contribution is -2.58. The topological polar surface area (TPSA) is 61.9 Å². The van der Waals surface area contributed by atoms with Crippen molar-refractivity contribution in [3.05, 3.63) is 0 Å². The van der Waals surface area contributed by atoms with E-state index in [1.165, 1.54) is 12.8 Å². The first-order chi connectivity index (χ1) is 9.13. The molecule has 0 aliphatic carbocycles. The number of carbonyl (C=O) groups excluding carboxylic acids is 2. The average Bonchev–Trinajstić information content (AvgIpc) is 2.83. The SMILES string of the molecule is CC1CN(CC2CN3CCCC3CO2)C(=O)NC1=O. The highest BCUT2D eigenvalue weighted by Crippen LogP contribution is 2.23. The van der Waals surface area contributed by atoms with Crippen molar-refractivity contribution in [2.75, 3.05) is 32.8 Å². The van der Waals surface area contributed by atoms with Crippen LogP contribution in [-0.4, -0.2) is 66.7 Å². The number of ether oxygens (including phenoxy) is 1. The summed E-state index contributed by atoms with van der Waals surface area (Å²) < 4.78 is 5.86. The van der Waals surface area contributed by atoms with E-state index in [0.717, 1.165) is 19.7 Å². The van der Waals surface area contributed by atoms with Crippen LogP contribution in [-0.2, 0) is 9.53 Å². The number of carbonyl (C=O) groups is 2. The van der Waals surface area contributed by atoms with Crippen LogP contribution in [0.2, 0.25) is 0 Å². The lowest BCUT2D eigenvalue weighted by molar-refractivity contribution is -0.126. The summed E-state index contributed by atoms with van der Waals surface area (Å²) in [5.74, 6) is -0.314. The van der Waals surface area contributed by atoms with Crippen molar-refractivity contribution in [1.82, 2.24) is 15.1 Å². The van der Waals surface area contributed by atoms with Gasteiger partial charge in [-0.3, -0.25) is 15.0 Å². The fourth-order valence-electron chi connectivity index (χ4n) is 3.20. The van der Waals surface area contributed by atoms with Crippen LogP contribution in [0.3, 0.4) is 0 Å². The highest BCUT2D eigenvalue weighted by atomic mass is 16.5. The number of rotatable bonds is 2. The van der Waals surface area contributed by atoms with Gasteiger partial charge in [-0.15, -0.1) is 0 Å². The zero-order valence-corrected chi connectivity index (χ0v) is 11.3. The van der Waals surface area contributed by atoms with E-state index in [0.29, 0.717) is 19.1 Å². The van der Waals surface area contributed by atoms with Gasteiger partial charge in [0.1, 0.15) is 0 Å². The van der Waals surface area contributed by atoms with E-state index in [1.807, 2.05) is 6.92 Å². The first kappa shape index (κ1) is 12.9. The molecule has 0 bridgehead atoms. The monoisotopic (exact) mass is 267 g/mol. The second-order valence-corrected chi connectivity index (χ2v) is 5.85. The molecule has 3 aliphatic rings. The number of fused-ring (bicyclic) bond motifs is 1. The maximum Gasteiger partial charge on any atom is 0.324 e. The maximum absolute atomic E-state index is 11.8. The molecule has 3 fully saturated rings. The minimum absolute atomic E-state index is 0.0699. The summed E-state index contributed by atoms with van der Waals surface area (Å²) in [6.07, 6.45) is 2.54. The number of hydrogen-bond acceptors (Lipinski definition) is 4. The molecular formula is C13H21N3O3. The second kappa shape index (κ2) is 5.09. The molecule has 0 spiro atoms. The Bertz CT molecular complexity index is 387. The van der Waals surface area contributed by atoms with Crippen molar-refractivity contribution >= 4 is 11.9 Å². The van der Waals surface area contributed by atoms with E-state index in [2.05, 4.69) is 10.2 Å². The molecule has 0 aromatic heterocycles. The summed E-state index contributed by atoms with van der Waals surface area (Å²) in [6.45, 7) is 5.73. The smallest absolute Gasteiger partial charge is 0.324 e. The van der Waals surface area contributed by atoms with E-state index >= 15 is 0 Å². The third-order valence-corrected chi connectivity index (χ3v) is 4.34. The van der Waals surface area contributed by atoms with Crippen molar-refractivity contribution in [3.8, 4) is 0 Å². The Balaban J connectivity index is 1.56. The minimum atomic E-state index is -0.282. The molecule has 0 aromatic carbocycles. The van der Waals surface area contributed by atoms with E-state index in [1.54, 1.807) is 4.90 Å². The maximum atomic E-state index is 11.8. The summed E-state index contributed by atoms with van der Waals surface area (Å²) in [4.78, 5) is 27.3. The summed E-state index contributed by atoms with van der Waals surface area (Å²) >= 11 is 0. The Morgan fingerprint density at radius 2 is 2.21 bits per heavy atom. The number of morpholine rings is 1. The summed E-state index contributed by atoms with van der Waals surface area (Å²) in [6, 6.07) is 0.294. The van der Waals surface area contributed by atoms with Crippen LogP contribution >= 0.6 is 0 Å². The second-order valence-electron chi connectivity index (χ2n) is 5.85. The fraction of sp³-hybridized carbons (Fsp3) is 0.846. The van der Waals surface area contributed by atoms with E-state index in [4.69, 9.17) is 4.74 Å². The Morgan fingerprint density at radius 1 is 1.37 bits per heavy atom. The third kappa shape index (κ3) is 2.60. The van der Waals surface area contributed by atoms with Gasteiger partial charge in [0, 0.05) is 25.7 Å². The van der Waals surface area contributed by atoms with Crippen molar-refractivity contribution in [3.63, 3.8) is 0 Å². The standard InChI is InChI=1S/C13H21N3O3/c1-9-5-16(13(18)14-12(9)17)7-11-6-15-4-2-3-10(15)8-19-11/h9-11H,2-8H2,1H3,(H,14,17,18). The van der Waals surface area contributed by atoms with Gasteiger partial charge < -0.3 is 9.64 Å². The van der Waals surface area contributed by atoms with Gasteiger partial charge in [-0.05, 0) is 19.4 Å². The van der Waals surface area contributed by atoms with Gasteiger partial charge in [0.15, 0.2) is 0 Å². The molecule has 6 nitrogen and oxygen atoms in total. The lowest BCUT2D eigenvalue weighted by atomic mass is 10.1. The van der Waals surface area contributed by atoms with Crippen LogP contribution in [0.1, 0.15) is 19.8 Å². The predicted molar refractivity (Wildman–Crippen MR) is 68.6 cm³/mol. The van der Waals surface area contributed by atoms with Crippen LogP contribution < -0.4 is 5.32 Å². The van der Waals surface area contributed by atoms with Gasteiger partial charge in [-0.2, -0.15) is 0 Å². The Morgan fingerprint density at radius 3 is 3.05 bits per heavy atom. The van der Waals surface area contributed by atoms with Gasteiger partial charge in [-0.1, -0.05) is 6.92 Å². The van der Waals surface area contributed by atoms with Crippen molar-refractivity contribution < 1.29 is 14.3 Å². The molecule has 3 heterocycles. The van der Waals surface area contributed by atoms with Crippen molar-refractivity contribution in [1.29, 1.82) is 0 Å². The molecule has 0 radical (unpaired) electrons. The largest absolute Gasteiger partial charge is 0.373 e. The quantitative estimate of drug-likeness (QED) is 0.767. The number of hydrogen-bond donors (Lipinski definition) is 1. The molecule has 19 heavy (non-hydrogen) atoms. The molecule has 3 amide bonds. The molecule has 3 aliphatic heterocycles. The van der Waals surface area contributed by atoms with Gasteiger partial charge in [0.05, 0.1) is 18.6 Å². The zero-order chi connectivity index (χ0) is 13.4. The van der Waals surface area contributed by atoms with Crippen LogP contribution in [0.15, 0.2) is 0 Å². The van der Waals surface area contributed by atoms with Crippen LogP contribution in [0.5, 0.6) is 0 Å². The van der Waals surface area contributed by atoms with Gasteiger partial charge in [0.25, 0.3) is 0 Å². The molecule has 3 atom stereocenters. The molecule has 1 N–H and O–H groups in total. The van der Waals surface area contributed by atoms with Gasteiger partial charge in [-0.25, -0.2) is 4.79 Å². The van der Waals surface area contributed by atoms with Crippen molar-refractivity contribution in [2.45, 2.75) is 31.9 Å². The van der Waals surface area contributed by atoms with E-state index in [-0.39, 0.29) is 24.0 Å². The lowest BCUT2D eigenvalue weighted by Gasteiger charge is -2.39. The number of nitrogens with one attached hydrogen (secondary N) is 1. The first-order valence-electron chi connectivity index (χ1n) is 7.09. The zero-order valence-electron chi connectivity index (χ0n) is 11.3. The molecule has 6 heteroatoms. The third-order valence-electron chi connectivity index (χ3n) is 4.34. The Hall–Kier alpha value is -1.14. The highest BCUT2D eigenvalue weighted by molar-refractivity contribution is 5.97. The Kier molecular flexibility index (Phi) is 3.45. The molecule has 106 valence electrons. The number of urea groups is 1. The van der Waals surface area contributed by atoms with Crippen molar-refractivity contribution in [2.24, 2.45) is 5.92 Å². The summed E-state index contributed by atoms with van der Waals surface area (Å²) in [5, 5.41) is 2.39. The first-order valence-corrected chi connectivity index (χ1v) is 7.09. The van der Waals surface area contributed by atoms with E-state index < -0.39 is 0 Å². The summed E-state index contributed by atoms with van der Waals surface area (Å²) in [5.41, 5.74) is 0. The number of nitrogens with zero attached hydrogens (tertiary/aromatic N) is 2.